The van der Waals surface area contributed by atoms with Crippen LogP contribution in [-0.2, 0) is 16.5 Å². The van der Waals surface area contributed by atoms with Gasteiger partial charge < -0.3 is 16.4 Å². The highest BCUT2D eigenvalue weighted by molar-refractivity contribution is 5.86. The number of benzene rings is 1. The van der Waals surface area contributed by atoms with Gasteiger partial charge in [-0.05, 0) is 43.7 Å². The monoisotopic (exact) mass is 407 g/mol. The van der Waals surface area contributed by atoms with Gasteiger partial charge in [0.2, 0.25) is 5.91 Å². The maximum atomic E-state index is 13.5. The van der Waals surface area contributed by atoms with Crippen molar-refractivity contribution >= 4 is 16.9 Å². The van der Waals surface area contributed by atoms with Crippen LogP contribution in [0.4, 0.5) is 13.2 Å². The van der Waals surface area contributed by atoms with Gasteiger partial charge in [-0.15, -0.1) is 0 Å². The molecular weight excluding hydrogens is 383 g/mol. The van der Waals surface area contributed by atoms with E-state index in [0.29, 0.717) is 18.5 Å². The molecule has 1 saturated heterocycles. The van der Waals surface area contributed by atoms with Gasteiger partial charge >= 0.3 is 6.18 Å². The Morgan fingerprint density at radius 1 is 1.28 bits per heavy atom. The van der Waals surface area contributed by atoms with Gasteiger partial charge in [0.05, 0.1) is 22.7 Å². The molecule has 1 aromatic heterocycles. The lowest BCUT2D eigenvalue weighted by molar-refractivity contribution is -0.136. The fourth-order valence-corrected chi connectivity index (χ4v) is 4.30. The van der Waals surface area contributed by atoms with Crippen molar-refractivity contribution in [1.29, 1.82) is 0 Å². The number of hydrogen-bond donors (Lipinski definition) is 3. The number of nitrogens with zero attached hydrogens (tertiary/aromatic N) is 2. The van der Waals surface area contributed by atoms with Gasteiger partial charge in [-0.3, -0.25) is 14.8 Å². The molecule has 1 aliphatic heterocycles. The van der Waals surface area contributed by atoms with Crippen LogP contribution in [0.3, 0.4) is 0 Å². The van der Waals surface area contributed by atoms with Crippen molar-refractivity contribution < 1.29 is 18.0 Å². The molecule has 4 N–H and O–H groups in total. The maximum Gasteiger partial charge on any atom is 0.418 e. The first kappa shape index (κ1) is 20.0. The van der Waals surface area contributed by atoms with E-state index in [1.54, 1.807) is 0 Å². The predicted molar refractivity (Wildman–Crippen MR) is 102 cm³/mol. The molecule has 0 spiro atoms. The van der Waals surface area contributed by atoms with Crippen molar-refractivity contribution in [2.45, 2.75) is 43.9 Å². The molecule has 1 unspecified atom stereocenters. The summed E-state index contributed by atoms with van der Waals surface area (Å²) in [5.74, 6) is 0.0979. The number of hydrogen-bond acceptors (Lipinski definition) is 5. The summed E-state index contributed by atoms with van der Waals surface area (Å²) in [4.78, 5) is 21.1. The molecule has 3 atom stereocenters. The molecule has 1 saturated carbocycles. The third-order valence-electron chi connectivity index (χ3n) is 5.86. The number of piperidine rings is 1. The average molecular weight is 407 g/mol. The third kappa shape index (κ3) is 3.81. The van der Waals surface area contributed by atoms with Crippen LogP contribution in [0.15, 0.2) is 24.5 Å². The molecule has 2 fully saturated rings. The molecule has 1 amide bonds. The first-order chi connectivity index (χ1) is 13.7. The molecule has 6 nitrogen and oxygen atoms in total. The van der Waals surface area contributed by atoms with Gasteiger partial charge in [-0.2, -0.15) is 13.2 Å². The molecule has 1 aliphatic carbocycles. The maximum absolute atomic E-state index is 13.5. The summed E-state index contributed by atoms with van der Waals surface area (Å²) in [6.45, 7) is 3.18. The van der Waals surface area contributed by atoms with E-state index in [2.05, 4.69) is 20.6 Å². The Hall–Kier alpha value is -2.26. The Labute approximate surface area is 166 Å². The van der Waals surface area contributed by atoms with Gasteiger partial charge in [0.25, 0.3) is 0 Å². The van der Waals surface area contributed by atoms with Crippen LogP contribution in [0, 0.1) is 11.8 Å². The molecule has 2 heterocycles. The molecular formula is C20H24F3N5O. The third-order valence-corrected chi connectivity index (χ3v) is 5.86. The zero-order valence-electron chi connectivity index (χ0n) is 16.1. The van der Waals surface area contributed by atoms with Gasteiger partial charge in [-0.25, -0.2) is 0 Å². The quantitative estimate of drug-likeness (QED) is 0.723. The van der Waals surface area contributed by atoms with Crippen molar-refractivity contribution in [3.05, 3.63) is 35.7 Å². The summed E-state index contributed by atoms with van der Waals surface area (Å²) < 4.78 is 40.5. The predicted octanol–water partition coefficient (Wildman–Crippen LogP) is 2.33. The van der Waals surface area contributed by atoms with E-state index in [4.69, 9.17) is 5.73 Å². The van der Waals surface area contributed by atoms with Crippen LogP contribution in [0.5, 0.6) is 0 Å². The zero-order chi connectivity index (χ0) is 20.8. The summed E-state index contributed by atoms with van der Waals surface area (Å²) in [5, 5.41) is 6.37. The van der Waals surface area contributed by atoms with Gasteiger partial charge in [0.15, 0.2) is 0 Å². The van der Waals surface area contributed by atoms with Crippen LogP contribution in [0.1, 0.15) is 37.3 Å². The Balaban J connectivity index is 1.83. The first-order valence-electron chi connectivity index (χ1n) is 9.81. The number of carbonyl (C=O) groups is 1. The lowest BCUT2D eigenvalue weighted by Crippen LogP contribution is -2.60. The number of rotatable bonds is 4. The fourth-order valence-electron chi connectivity index (χ4n) is 4.30. The molecule has 9 heteroatoms. The van der Waals surface area contributed by atoms with Crippen molar-refractivity contribution in [3.8, 4) is 0 Å². The Morgan fingerprint density at radius 2 is 1.97 bits per heavy atom. The molecule has 4 rings (SSSR count). The zero-order valence-corrected chi connectivity index (χ0v) is 16.1. The number of halogens is 3. The molecule has 1 aromatic carbocycles. The summed E-state index contributed by atoms with van der Waals surface area (Å²) >= 11 is 0. The van der Waals surface area contributed by atoms with E-state index in [-0.39, 0.29) is 28.8 Å². The number of nitrogens with two attached hydrogens (primary N) is 1. The number of carbonyl (C=O) groups excluding carboxylic acids is 1. The Morgan fingerprint density at radius 3 is 2.59 bits per heavy atom. The molecule has 2 aromatic rings. The molecule has 156 valence electrons. The Bertz CT molecular complexity index is 930. The van der Waals surface area contributed by atoms with Crippen LogP contribution in [0.25, 0.3) is 11.0 Å². The first-order valence-corrected chi connectivity index (χ1v) is 9.81. The highest BCUT2D eigenvalue weighted by atomic mass is 19.4. The molecule has 29 heavy (non-hydrogen) atoms. The minimum Gasteiger partial charge on any atom is -0.344 e. The highest BCUT2D eigenvalue weighted by Gasteiger charge is 2.44. The van der Waals surface area contributed by atoms with Crippen molar-refractivity contribution in [2.24, 2.45) is 17.6 Å². The normalized spacial score (nSPS) is 26.3. The van der Waals surface area contributed by atoms with Crippen LogP contribution < -0.4 is 16.4 Å². The van der Waals surface area contributed by atoms with Gasteiger partial charge in [-0.1, -0.05) is 13.0 Å². The largest absolute Gasteiger partial charge is 0.418 e. The van der Waals surface area contributed by atoms with Crippen LogP contribution in [-0.4, -0.2) is 35.0 Å². The second kappa shape index (κ2) is 7.21. The summed E-state index contributed by atoms with van der Waals surface area (Å²) in [6, 6.07) is 1.83. The standard InChI is InChI=1S/C20H24F3N5O/c1-11-8-19(10-25-9-11,28-18(29)15(24)12-2-3-12)13-4-5-14(20(21,22)23)17-16(13)26-6-7-27-17/h4-7,11-12,15,25H,2-3,8-10,24H2,1H3,(H,28,29)/t11-,15?,19-/m0/s1. The number of aromatic nitrogens is 2. The van der Waals surface area contributed by atoms with E-state index in [1.807, 2.05) is 6.92 Å². The van der Waals surface area contributed by atoms with Crippen LogP contribution in [0.2, 0.25) is 0 Å². The smallest absolute Gasteiger partial charge is 0.344 e. The average Bonchev–Trinajstić information content (AvgIpc) is 3.51. The van der Waals surface area contributed by atoms with Gasteiger partial charge in [0, 0.05) is 24.5 Å². The molecule has 0 bridgehead atoms. The van der Waals surface area contributed by atoms with E-state index in [0.717, 1.165) is 25.5 Å². The lowest BCUT2D eigenvalue weighted by Gasteiger charge is -2.42. The van der Waals surface area contributed by atoms with Crippen molar-refractivity contribution in [2.75, 3.05) is 13.1 Å². The number of nitrogens with one attached hydrogen (secondary N) is 2. The topological polar surface area (TPSA) is 92.9 Å². The second-order valence-electron chi connectivity index (χ2n) is 8.29. The SMILES string of the molecule is C[C@@H]1CNC[C@](NC(=O)C(N)C2CC2)(c2ccc(C(F)(F)F)c3nccnc23)C1. The summed E-state index contributed by atoms with van der Waals surface area (Å²) in [7, 11) is 0. The minimum atomic E-state index is -4.55. The lowest BCUT2D eigenvalue weighted by atomic mass is 9.77. The number of fused-ring (bicyclic) bond motifs is 1. The van der Waals surface area contributed by atoms with E-state index in [1.165, 1.54) is 18.5 Å². The highest BCUT2D eigenvalue weighted by Crippen LogP contribution is 2.40. The van der Waals surface area contributed by atoms with Crippen LogP contribution >= 0.6 is 0 Å². The summed E-state index contributed by atoms with van der Waals surface area (Å²) in [6.07, 6.45) is 0.486. The van der Waals surface area contributed by atoms with Crippen molar-refractivity contribution in [1.82, 2.24) is 20.6 Å². The molecule has 0 radical (unpaired) electrons. The van der Waals surface area contributed by atoms with Crippen molar-refractivity contribution in [3.63, 3.8) is 0 Å². The fraction of sp³-hybridized carbons (Fsp3) is 0.550. The molecule has 2 aliphatic rings. The minimum absolute atomic E-state index is 0.151. The number of alkyl halides is 3. The van der Waals surface area contributed by atoms with E-state index in [9.17, 15) is 18.0 Å². The van der Waals surface area contributed by atoms with E-state index < -0.39 is 23.3 Å². The number of amides is 1. The summed E-state index contributed by atoms with van der Waals surface area (Å²) in [5.41, 5.74) is 4.83. The van der Waals surface area contributed by atoms with E-state index >= 15 is 0 Å². The second-order valence-corrected chi connectivity index (χ2v) is 8.29. The van der Waals surface area contributed by atoms with Gasteiger partial charge in [0.1, 0.15) is 5.52 Å². The Kier molecular flexibility index (Phi) is 4.98.